The topological polar surface area (TPSA) is 88.1 Å². The third-order valence-corrected chi connectivity index (χ3v) is 13.8. The Morgan fingerprint density at radius 2 is 0.523 bits per heavy atom. The summed E-state index contributed by atoms with van der Waals surface area (Å²) in [6.07, 6.45) is 55.3. The first-order valence-corrected chi connectivity index (χ1v) is 29.2. The average Bonchev–Trinajstić information content (AvgIpc) is 3.66. The Kier molecular flexibility index (Phi) is 46.1. The minimum absolute atomic E-state index is 0.0540. The molecule has 0 spiro atoms. The van der Waals surface area contributed by atoms with E-state index in [2.05, 4.69) is 20.8 Å². The normalized spacial score (nSPS) is 16.0. The third-order valence-electron chi connectivity index (χ3n) is 13.8. The maximum atomic E-state index is 13.1. The molecule has 1 heterocycles. The van der Waals surface area contributed by atoms with Gasteiger partial charge in [-0.15, -0.1) is 0 Å². The molecule has 1 saturated heterocycles. The standard InChI is InChI=1S/C58H110O7/c1-4-7-10-13-16-19-22-25-28-31-34-37-40-43-46-49-54(59)63-53-52-62-58(65-56(61)51-48-45-42-39-36-33-30-27-24-21-18-15-12-9-6-3)57(53)64-55(60)50-47-44-41-38-35-32-29-26-23-20-17-14-11-8-5-2/h53,57-58H,4-52H2,1-3H3. The van der Waals surface area contributed by atoms with E-state index in [9.17, 15) is 14.4 Å². The van der Waals surface area contributed by atoms with Gasteiger partial charge in [-0.25, -0.2) is 0 Å². The summed E-state index contributed by atoms with van der Waals surface area (Å²) in [5, 5.41) is 0. The van der Waals surface area contributed by atoms with Gasteiger partial charge < -0.3 is 18.9 Å². The van der Waals surface area contributed by atoms with Crippen LogP contribution in [-0.4, -0.2) is 43.0 Å². The molecule has 0 aromatic heterocycles. The van der Waals surface area contributed by atoms with Crippen molar-refractivity contribution in [3.8, 4) is 0 Å². The van der Waals surface area contributed by atoms with Crippen LogP contribution in [0.5, 0.6) is 0 Å². The SMILES string of the molecule is CCCCCCCCCCCCCCCCCC(=O)OC1COC(OC(=O)CCCCCCCCCCCCCCCCC)C1OC(=O)CCCCCCCCCCCCCCCCC. The van der Waals surface area contributed by atoms with Crippen LogP contribution >= 0.6 is 0 Å². The number of hydrogen-bond donors (Lipinski definition) is 0. The molecular formula is C58H110O7. The van der Waals surface area contributed by atoms with E-state index in [1.807, 2.05) is 0 Å². The highest BCUT2D eigenvalue weighted by molar-refractivity contribution is 5.71. The summed E-state index contributed by atoms with van der Waals surface area (Å²) < 4.78 is 23.3. The van der Waals surface area contributed by atoms with Gasteiger partial charge in [-0.3, -0.25) is 14.4 Å². The molecule has 1 aliphatic heterocycles. The number of ether oxygens (including phenoxy) is 4. The molecule has 7 heteroatoms. The van der Waals surface area contributed by atoms with Crippen LogP contribution in [0.2, 0.25) is 0 Å². The van der Waals surface area contributed by atoms with Crippen molar-refractivity contribution in [3.63, 3.8) is 0 Å². The zero-order chi connectivity index (χ0) is 46.9. The van der Waals surface area contributed by atoms with Crippen LogP contribution in [0.4, 0.5) is 0 Å². The Morgan fingerprint density at radius 1 is 0.308 bits per heavy atom. The Hall–Kier alpha value is -1.63. The lowest BCUT2D eigenvalue weighted by Gasteiger charge is -2.23. The zero-order valence-electron chi connectivity index (χ0n) is 43.7. The van der Waals surface area contributed by atoms with Gasteiger partial charge in [0, 0.05) is 19.3 Å². The Bertz CT molecular complexity index is 976. The Balaban J connectivity index is 2.36. The lowest BCUT2D eigenvalue weighted by molar-refractivity contribution is -0.195. The lowest BCUT2D eigenvalue weighted by Crippen LogP contribution is -2.40. The van der Waals surface area contributed by atoms with E-state index in [0.717, 1.165) is 57.8 Å². The molecule has 0 bridgehead atoms. The van der Waals surface area contributed by atoms with Crippen molar-refractivity contribution in [2.45, 2.75) is 347 Å². The smallest absolute Gasteiger partial charge is 0.308 e. The fourth-order valence-corrected chi connectivity index (χ4v) is 9.44. The van der Waals surface area contributed by atoms with E-state index in [1.165, 1.54) is 231 Å². The Morgan fingerprint density at radius 3 is 0.785 bits per heavy atom. The maximum Gasteiger partial charge on any atom is 0.308 e. The second-order valence-corrected chi connectivity index (χ2v) is 20.3. The van der Waals surface area contributed by atoms with Crippen LogP contribution in [-0.2, 0) is 33.3 Å². The van der Waals surface area contributed by atoms with Crippen LogP contribution in [0.1, 0.15) is 329 Å². The highest BCUT2D eigenvalue weighted by atomic mass is 16.7. The molecular weight excluding hydrogens is 809 g/mol. The number of hydrogen-bond acceptors (Lipinski definition) is 7. The molecule has 1 rings (SSSR count). The van der Waals surface area contributed by atoms with Crippen molar-refractivity contribution < 1.29 is 33.3 Å². The van der Waals surface area contributed by atoms with Crippen LogP contribution in [0, 0.1) is 0 Å². The first-order valence-electron chi connectivity index (χ1n) is 29.2. The molecule has 0 saturated carbocycles. The van der Waals surface area contributed by atoms with Gasteiger partial charge in [0.25, 0.3) is 0 Å². The van der Waals surface area contributed by atoms with Crippen molar-refractivity contribution in [3.05, 3.63) is 0 Å². The minimum atomic E-state index is -1.05. The van der Waals surface area contributed by atoms with Crippen molar-refractivity contribution in [2.24, 2.45) is 0 Å². The highest BCUT2D eigenvalue weighted by Crippen LogP contribution is 2.25. The second kappa shape index (κ2) is 48.8. The minimum Gasteiger partial charge on any atom is -0.456 e. The lowest BCUT2D eigenvalue weighted by atomic mass is 10.0. The van der Waals surface area contributed by atoms with Crippen LogP contribution in [0.25, 0.3) is 0 Å². The molecule has 3 atom stereocenters. The fraction of sp³-hybridized carbons (Fsp3) is 0.948. The summed E-state index contributed by atoms with van der Waals surface area (Å²) in [4.78, 5) is 39.0. The molecule has 0 N–H and O–H groups in total. The van der Waals surface area contributed by atoms with Gasteiger partial charge in [-0.2, -0.15) is 0 Å². The van der Waals surface area contributed by atoms with Gasteiger partial charge in [0.05, 0.1) is 6.61 Å². The molecule has 1 fully saturated rings. The van der Waals surface area contributed by atoms with Gasteiger partial charge in [0.1, 0.15) is 0 Å². The fourth-order valence-electron chi connectivity index (χ4n) is 9.44. The summed E-state index contributed by atoms with van der Waals surface area (Å²) in [6, 6.07) is 0. The molecule has 0 aromatic rings. The number of esters is 3. The molecule has 0 amide bonds. The van der Waals surface area contributed by atoms with Crippen molar-refractivity contribution in [2.75, 3.05) is 6.61 Å². The molecule has 7 nitrogen and oxygen atoms in total. The first-order chi connectivity index (χ1) is 32.0. The van der Waals surface area contributed by atoms with E-state index in [1.54, 1.807) is 0 Å². The maximum absolute atomic E-state index is 13.1. The number of unbranched alkanes of at least 4 members (excludes halogenated alkanes) is 42. The number of rotatable bonds is 51. The number of carbonyl (C=O) groups is 3. The molecule has 65 heavy (non-hydrogen) atoms. The number of carbonyl (C=O) groups excluding carboxylic acids is 3. The first kappa shape index (κ1) is 61.4. The summed E-state index contributed by atoms with van der Waals surface area (Å²) in [6.45, 7) is 6.88. The van der Waals surface area contributed by atoms with E-state index < -0.39 is 18.5 Å². The summed E-state index contributed by atoms with van der Waals surface area (Å²) in [5.41, 5.74) is 0. The average molecular weight is 920 g/mol. The van der Waals surface area contributed by atoms with Gasteiger partial charge >= 0.3 is 17.9 Å². The zero-order valence-corrected chi connectivity index (χ0v) is 43.7. The Labute approximate surface area is 403 Å². The molecule has 0 aromatic carbocycles. The van der Waals surface area contributed by atoms with E-state index >= 15 is 0 Å². The van der Waals surface area contributed by atoms with Crippen molar-refractivity contribution in [1.29, 1.82) is 0 Å². The van der Waals surface area contributed by atoms with E-state index in [0.29, 0.717) is 19.3 Å². The third kappa shape index (κ3) is 41.1. The van der Waals surface area contributed by atoms with Gasteiger partial charge in [0.15, 0.2) is 6.10 Å². The van der Waals surface area contributed by atoms with Crippen LogP contribution < -0.4 is 0 Å². The second-order valence-electron chi connectivity index (χ2n) is 20.3. The van der Waals surface area contributed by atoms with Crippen molar-refractivity contribution >= 4 is 17.9 Å². The van der Waals surface area contributed by atoms with E-state index in [-0.39, 0.29) is 24.5 Å². The predicted octanol–water partition coefficient (Wildman–Crippen LogP) is 18.5. The van der Waals surface area contributed by atoms with Crippen LogP contribution in [0.3, 0.4) is 0 Å². The van der Waals surface area contributed by atoms with Gasteiger partial charge in [-0.05, 0) is 19.3 Å². The largest absolute Gasteiger partial charge is 0.456 e. The van der Waals surface area contributed by atoms with Crippen LogP contribution in [0.15, 0.2) is 0 Å². The molecule has 1 aliphatic rings. The molecule has 3 unspecified atom stereocenters. The quantitative estimate of drug-likeness (QED) is 0.0341. The van der Waals surface area contributed by atoms with E-state index in [4.69, 9.17) is 18.9 Å². The van der Waals surface area contributed by atoms with Gasteiger partial charge in [0.2, 0.25) is 12.4 Å². The molecule has 0 radical (unpaired) electrons. The van der Waals surface area contributed by atoms with Gasteiger partial charge in [-0.1, -0.05) is 290 Å². The monoisotopic (exact) mass is 919 g/mol. The molecule has 384 valence electrons. The highest BCUT2D eigenvalue weighted by Gasteiger charge is 2.45. The summed E-state index contributed by atoms with van der Waals surface area (Å²) in [5.74, 6) is -0.999. The van der Waals surface area contributed by atoms with Crippen molar-refractivity contribution in [1.82, 2.24) is 0 Å². The summed E-state index contributed by atoms with van der Waals surface area (Å²) >= 11 is 0. The summed E-state index contributed by atoms with van der Waals surface area (Å²) in [7, 11) is 0. The predicted molar refractivity (Wildman–Crippen MR) is 274 cm³/mol. The molecule has 0 aliphatic carbocycles.